The molecule has 0 bridgehead atoms. The number of amides is 2. The van der Waals surface area contributed by atoms with Crippen LogP contribution in [0.5, 0.6) is 0 Å². The van der Waals surface area contributed by atoms with Crippen molar-refractivity contribution >= 4 is 39.9 Å². The van der Waals surface area contributed by atoms with Gasteiger partial charge < -0.3 is 10.1 Å². The number of thiazole rings is 1. The molecule has 2 amide bonds. The summed E-state index contributed by atoms with van der Waals surface area (Å²) < 4.78 is 5.16. The van der Waals surface area contributed by atoms with Crippen LogP contribution in [-0.4, -0.2) is 35.9 Å². The fourth-order valence-corrected chi connectivity index (χ4v) is 3.67. The van der Waals surface area contributed by atoms with Crippen molar-refractivity contribution in [2.75, 3.05) is 23.4 Å². The summed E-state index contributed by atoms with van der Waals surface area (Å²) in [6.45, 7) is 3.13. The van der Waals surface area contributed by atoms with E-state index in [1.54, 1.807) is 34.5 Å². The second kappa shape index (κ2) is 9.45. The quantitative estimate of drug-likeness (QED) is 0.541. The second-order valence-electron chi connectivity index (χ2n) is 6.56. The molecular formula is C20H23N3O4S. The van der Waals surface area contributed by atoms with E-state index >= 15 is 0 Å². The SMILES string of the molecule is CCCCOC(=O)c1ccc(NC(=O)Cc2csc(N3CCCC3=O)n2)cc1. The maximum Gasteiger partial charge on any atom is 0.338 e. The summed E-state index contributed by atoms with van der Waals surface area (Å²) in [6.07, 6.45) is 3.32. The van der Waals surface area contributed by atoms with Crippen molar-refractivity contribution < 1.29 is 19.1 Å². The molecule has 0 atom stereocenters. The van der Waals surface area contributed by atoms with Crippen LogP contribution in [0.2, 0.25) is 0 Å². The zero-order chi connectivity index (χ0) is 19.9. The zero-order valence-electron chi connectivity index (χ0n) is 15.8. The number of nitrogens with zero attached hydrogens (tertiary/aromatic N) is 2. The molecule has 1 aromatic heterocycles. The lowest BCUT2D eigenvalue weighted by Gasteiger charge is -2.10. The van der Waals surface area contributed by atoms with Crippen molar-refractivity contribution in [3.05, 3.63) is 40.9 Å². The third-order valence-electron chi connectivity index (χ3n) is 4.32. The molecular weight excluding hydrogens is 378 g/mol. The predicted molar refractivity (Wildman–Crippen MR) is 108 cm³/mol. The number of nitrogens with one attached hydrogen (secondary N) is 1. The highest BCUT2D eigenvalue weighted by Gasteiger charge is 2.24. The Morgan fingerprint density at radius 3 is 2.75 bits per heavy atom. The first-order valence-corrected chi connectivity index (χ1v) is 10.3. The zero-order valence-corrected chi connectivity index (χ0v) is 16.6. The van der Waals surface area contributed by atoms with E-state index in [0.717, 1.165) is 19.3 Å². The molecule has 2 heterocycles. The molecule has 0 radical (unpaired) electrons. The van der Waals surface area contributed by atoms with E-state index in [0.29, 0.717) is 41.6 Å². The van der Waals surface area contributed by atoms with Gasteiger partial charge in [-0.25, -0.2) is 9.78 Å². The summed E-state index contributed by atoms with van der Waals surface area (Å²) in [7, 11) is 0. The molecule has 0 unspecified atom stereocenters. The molecule has 2 aromatic rings. The number of benzene rings is 1. The van der Waals surface area contributed by atoms with E-state index in [1.165, 1.54) is 11.3 Å². The number of unbranched alkanes of at least 4 members (excludes halogenated alkanes) is 1. The Morgan fingerprint density at radius 1 is 1.29 bits per heavy atom. The van der Waals surface area contributed by atoms with Gasteiger partial charge in [-0.05, 0) is 37.1 Å². The summed E-state index contributed by atoms with van der Waals surface area (Å²) in [4.78, 5) is 42.0. The molecule has 1 aliphatic rings. The molecule has 0 spiro atoms. The Kier molecular flexibility index (Phi) is 6.76. The smallest absolute Gasteiger partial charge is 0.338 e. The van der Waals surface area contributed by atoms with E-state index in [9.17, 15) is 14.4 Å². The molecule has 1 aromatic carbocycles. The van der Waals surface area contributed by atoms with Gasteiger partial charge in [0.25, 0.3) is 0 Å². The first-order chi connectivity index (χ1) is 13.6. The Bertz CT molecular complexity index is 847. The van der Waals surface area contributed by atoms with E-state index in [2.05, 4.69) is 10.3 Å². The van der Waals surface area contributed by atoms with Gasteiger partial charge >= 0.3 is 5.97 Å². The van der Waals surface area contributed by atoms with Crippen LogP contribution in [0.3, 0.4) is 0 Å². The van der Waals surface area contributed by atoms with Gasteiger partial charge in [0.05, 0.1) is 24.3 Å². The Labute approximate surface area is 167 Å². The van der Waals surface area contributed by atoms with Crippen LogP contribution in [0.25, 0.3) is 0 Å². The summed E-state index contributed by atoms with van der Waals surface area (Å²) in [5.74, 6) is -0.487. The van der Waals surface area contributed by atoms with Crippen LogP contribution in [0, 0.1) is 0 Å². The molecule has 148 valence electrons. The topological polar surface area (TPSA) is 88.6 Å². The molecule has 1 aliphatic heterocycles. The minimum absolute atomic E-state index is 0.0821. The van der Waals surface area contributed by atoms with Crippen molar-refractivity contribution in [1.82, 2.24) is 4.98 Å². The van der Waals surface area contributed by atoms with Crippen molar-refractivity contribution in [3.8, 4) is 0 Å². The predicted octanol–water partition coefficient (Wildman–Crippen LogP) is 3.41. The number of hydrogen-bond acceptors (Lipinski definition) is 6. The van der Waals surface area contributed by atoms with E-state index in [-0.39, 0.29) is 24.2 Å². The minimum Gasteiger partial charge on any atom is -0.462 e. The van der Waals surface area contributed by atoms with E-state index in [1.807, 2.05) is 6.92 Å². The number of anilines is 2. The average molecular weight is 401 g/mol. The van der Waals surface area contributed by atoms with Crippen molar-refractivity contribution in [1.29, 1.82) is 0 Å². The van der Waals surface area contributed by atoms with Gasteiger partial charge in [0, 0.05) is 24.0 Å². The van der Waals surface area contributed by atoms with Crippen LogP contribution in [0.1, 0.15) is 48.7 Å². The molecule has 0 saturated carbocycles. The minimum atomic E-state index is -0.363. The molecule has 1 fully saturated rings. The second-order valence-corrected chi connectivity index (χ2v) is 7.40. The van der Waals surface area contributed by atoms with Crippen LogP contribution < -0.4 is 10.2 Å². The molecule has 8 heteroatoms. The molecule has 0 aliphatic carbocycles. The van der Waals surface area contributed by atoms with Gasteiger partial charge in [0.15, 0.2) is 5.13 Å². The van der Waals surface area contributed by atoms with E-state index < -0.39 is 0 Å². The van der Waals surface area contributed by atoms with Gasteiger partial charge in [0.1, 0.15) is 0 Å². The third kappa shape index (κ3) is 5.16. The van der Waals surface area contributed by atoms with Crippen LogP contribution in [0.4, 0.5) is 10.8 Å². The van der Waals surface area contributed by atoms with Gasteiger partial charge in [0.2, 0.25) is 11.8 Å². The first kappa shape index (κ1) is 20.0. The molecule has 7 nitrogen and oxygen atoms in total. The average Bonchev–Trinajstić information content (AvgIpc) is 3.31. The number of rotatable bonds is 8. The first-order valence-electron chi connectivity index (χ1n) is 9.38. The normalized spacial score (nSPS) is 13.6. The number of esters is 1. The number of aromatic nitrogens is 1. The van der Waals surface area contributed by atoms with Crippen LogP contribution >= 0.6 is 11.3 Å². The lowest BCUT2D eigenvalue weighted by molar-refractivity contribution is -0.117. The number of hydrogen-bond donors (Lipinski definition) is 1. The van der Waals surface area contributed by atoms with Crippen molar-refractivity contribution in [3.63, 3.8) is 0 Å². The Hall–Kier alpha value is -2.74. The van der Waals surface area contributed by atoms with E-state index in [4.69, 9.17) is 4.74 Å². The Morgan fingerprint density at radius 2 is 2.07 bits per heavy atom. The summed E-state index contributed by atoms with van der Waals surface area (Å²) in [5, 5.41) is 5.24. The molecule has 1 N–H and O–H groups in total. The van der Waals surface area contributed by atoms with Crippen molar-refractivity contribution in [2.24, 2.45) is 0 Å². The number of carbonyl (C=O) groups excluding carboxylic acids is 3. The maximum atomic E-state index is 12.3. The third-order valence-corrected chi connectivity index (χ3v) is 5.23. The van der Waals surface area contributed by atoms with Crippen LogP contribution in [0.15, 0.2) is 29.6 Å². The van der Waals surface area contributed by atoms with Gasteiger partial charge in [-0.2, -0.15) is 0 Å². The van der Waals surface area contributed by atoms with Crippen LogP contribution in [-0.2, 0) is 20.7 Å². The van der Waals surface area contributed by atoms with Crippen molar-refractivity contribution in [2.45, 2.75) is 39.0 Å². The lowest BCUT2D eigenvalue weighted by Crippen LogP contribution is -2.23. The van der Waals surface area contributed by atoms with Gasteiger partial charge in [-0.15, -0.1) is 11.3 Å². The largest absolute Gasteiger partial charge is 0.462 e. The maximum absolute atomic E-state index is 12.3. The molecule has 1 saturated heterocycles. The fraction of sp³-hybridized carbons (Fsp3) is 0.400. The monoisotopic (exact) mass is 401 g/mol. The molecule has 28 heavy (non-hydrogen) atoms. The Balaban J connectivity index is 1.51. The standard InChI is InChI=1S/C20H23N3O4S/c1-2-3-11-27-19(26)14-6-8-15(9-7-14)21-17(24)12-16-13-28-20(22-16)23-10-4-5-18(23)25/h6-9,13H,2-5,10-12H2,1H3,(H,21,24). The summed E-state index contributed by atoms with van der Waals surface area (Å²) in [5.41, 5.74) is 1.68. The highest BCUT2D eigenvalue weighted by Crippen LogP contribution is 2.25. The molecule has 3 rings (SSSR count). The number of carbonyl (C=O) groups is 3. The number of ether oxygens (including phenoxy) is 1. The highest BCUT2D eigenvalue weighted by molar-refractivity contribution is 7.14. The van der Waals surface area contributed by atoms with Gasteiger partial charge in [-0.3, -0.25) is 14.5 Å². The fourth-order valence-electron chi connectivity index (χ4n) is 2.80. The highest BCUT2D eigenvalue weighted by atomic mass is 32.1. The lowest BCUT2D eigenvalue weighted by atomic mass is 10.2. The van der Waals surface area contributed by atoms with Gasteiger partial charge in [-0.1, -0.05) is 13.3 Å². The summed E-state index contributed by atoms with van der Waals surface area (Å²) >= 11 is 1.37. The summed E-state index contributed by atoms with van der Waals surface area (Å²) in [6, 6.07) is 6.60.